The molecule has 100 valence electrons. The van der Waals surface area contributed by atoms with Crippen molar-refractivity contribution < 1.29 is 9.47 Å². The summed E-state index contributed by atoms with van der Waals surface area (Å²) < 4.78 is 10.8. The molecule has 0 heterocycles. The molecule has 2 aromatic carbocycles. The Morgan fingerprint density at radius 2 is 1.84 bits per heavy atom. The van der Waals surface area contributed by atoms with Gasteiger partial charge in [0.15, 0.2) is 0 Å². The first-order valence-corrected chi connectivity index (χ1v) is 6.40. The lowest BCUT2D eigenvalue weighted by atomic mass is 10.1. The van der Waals surface area contributed by atoms with E-state index in [9.17, 15) is 0 Å². The van der Waals surface area contributed by atoms with Gasteiger partial charge in [-0.3, -0.25) is 0 Å². The molecule has 0 unspecified atom stereocenters. The third-order valence-electron chi connectivity index (χ3n) is 2.92. The Morgan fingerprint density at radius 1 is 1.05 bits per heavy atom. The smallest absolute Gasteiger partial charge is 0.142 e. The number of methoxy groups -OCH3 is 1. The van der Waals surface area contributed by atoms with Gasteiger partial charge >= 0.3 is 0 Å². The average Bonchev–Trinajstić information content (AvgIpc) is 2.45. The van der Waals surface area contributed by atoms with Crippen LogP contribution in [-0.2, 0) is 6.42 Å². The van der Waals surface area contributed by atoms with E-state index in [1.165, 1.54) is 5.56 Å². The van der Waals surface area contributed by atoms with Crippen molar-refractivity contribution in [2.75, 3.05) is 19.5 Å². The van der Waals surface area contributed by atoms with E-state index >= 15 is 0 Å². The summed E-state index contributed by atoms with van der Waals surface area (Å²) in [4.78, 5) is 0. The predicted octanol–water partition coefficient (Wildman–Crippen LogP) is 3.29. The van der Waals surface area contributed by atoms with Crippen molar-refractivity contribution in [3.8, 4) is 11.5 Å². The monoisotopic (exact) mass is 257 g/mol. The van der Waals surface area contributed by atoms with Crippen LogP contribution in [0.5, 0.6) is 11.5 Å². The molecule has 0 amide bonds. The molecule has 0 radical (unpaired) electrons. The molecule has 19 heavy (non-hydrogen) atoms. The molecule has 3 heteroatoms. The number of rotatable bonds is 6. The number of hydrogen-bond acceptors (Lipinski definition) is 3. The molecule has 2 aromatic rings. The molecule has 0 spiro atoms. The van der Waals surface area contributed by atoms with Crippen LogP contribution in [0.25, 0.3) is 0 Å². The van der Waals surface area contributed by atoms with Gasteiger partial charge in [0.25, 0.3) is 0 Å². The zero-order valence-corrected chi connectivity index (χ0v) is 11.1. The Bertz CT molecular complexity index is 511. The molecule has 0 aliphatic carbocycles. The van der Waals surface area contributed by atoms with Gasteiger partial charge in [0.1, 0.15) is 11.5 Å². The third-order valence-corrected chi connectivity index (χ3v) is 2.92. The minimum atomic E-state index is 0.600. The Balaban J connectivity index is 1.78. The molecule has 0 aliphatic rings. The molecule has 2 rings (SSSR count). The van der Waals surface area contributed by atoms with Crippen molar-refractivity contribution in [2.24, 2.45) is 0 Å². The first-order valence-electron chi connectivity index (χ1n) is 6.40. The van der Waals surface area contributed by atoms with E-state index < -0.39 is 0 Å². The first-order chi connectivity index (χ1) is 9.29. The van der Waals surface area contributed by atoms with E-state index in [1.807, 2.05) is 18.2 Å². The maximum atomic E-state index is 5.82. The summed E-state index contributed by atoms with van der Waals surface area (Å²) in [6.07, 6.45) is 2.00. The van der Waals surface area contributed by atoms with E-state index in [-0.39, 0.29) is 0 Å². The highest BCUT2D eigenvalue weighted by molar-refractivity contribution is 5.56. The van der Waals surface area contributed by atoms with Crippen LogP contribution in [-0.4, -0.2) is 13.7 Å². The lowest BCUT2D eigenvalue weighted by molar-refractivity contribution is 0.310. The zero-order chi connectivity index (χ0) is 13.5. The van der Waals surface area contributed by atoms with Gasteiger partial charge < -0.3 is 15.2 Å². The standard InChI is InChI=1S/C16H19NO2/c1-18-16-10-9-14(12-15(16)17)19-11-5-8-13-6-3-2-4-7-13/h2-4,6-7,9-10,12H,5,8,11,17H2,1H3. The van der Waals surface area contributed by atoms with Gasteiger partial charge in [-0.15, -0.1) is 0 Å². The van der Waals surface area contributed by atoms with E-state index in [2.05, 4.69) is 24.3 Å². The number of aryl methyl sites for hydroxylation is 1. The minimum absolute atomic E-state index is 0.600. The second kappa shape index (κ2) is 6.69. The Morgan fingerprint density at radius 3 is 2.53 bits per heavy atom. The van der Waals surface area contributed by atoms with Gasteiger partial charge in [-0.2, -0.15) is 0 Å². The van der Waals surface area contributed by atoms with Crippen molar-refractivity contribution in [3.63, 3.8) is 0 Å². The van der Waals surface area contributed by atoms with Gasteiger partial charge in [0.2, 0.25) is 0 Å². The second-order valence-corrected chi connectivity index (χ2v) is 4.34. The summed E-state index contributed by atoms with van der Waals surface area (Å²) in [6.45, 7) is 0.681. The van der Waals surface area contributed by atoms with Crippen LogP contribution in [0.2, 0.25) is 0 Å². The van der Waals surface area contributed by atoms with Gasteiger partial charge in [-0.25, -0.2) is 0 Å². The van der Waals surface area contributed by atoms with Crippen LogP contribution >= 0.6 is 0 Å². The lowest BCUT2D eigenvalue weighted by Crippen LogP contribution is -2.00. The fourth-order valence-electron chi connectivity index (χ4n) is 1.91. The largest absolute Gasteiger partial charge is 0.495 e. The van der Waals surface area contributed by atoms with Crippen LogP contribution in [0.4, 0.5) is 5.69 Å². The highest BCUT2D eigenvalue weighted by atomic mass is 16.5. The number of nitrogen functional groups attached to an aromatic ring is 1. The normalized spacial score (nSPS) is 10.2. The van der Waals surface area contributed by atoms with Crippen LogP contribution in [0.3, 0.4) is 0 Å². The minimum Gasteiger partial charge on any atom is -0.495 e. The lowest BCUT2D eigenvalue weighted by Gasteiger charge is -2.09. The fourth-order valence-corrected chi connectivity index (χ4v) is 1.91. The molecule has 0 atom stereocenters. The third kappa shape index (κ3) is 3.91. The fraction of sp³-hybridized carbons (Fsp3) is 0.250. The summed E-state index contributed by atoms with van der Waals surface area (Å²) in [6, 6.07) is 15.9. The number of ether oxygens (including phenoxy) is 2. The Labute approximate surface area is 114 Å². The summed E-state index contributed by atoms with van der Waals surface area (Å²) >= 11 is 0. The van der Waals surface area contributed by atoms with E-state index in [4.69, 9.17) is 15.2 Å². The van der Waals surface area contributed by atoms with E-state index in [1.54, 1.807) is 13.2 Å². The quantitative estimate of drug-likeness (QED) is 0.638. The molecule has 2 N–H and O–H groups in total. The molecular formula is C16H19NO2. The van der Waals surface area contributed by atoms with E-state index in [0.29, 0.717) is 18.0 Å². The molecule has 0 fully saturated rings. The first kappa shape index (κ1) is 13.3. The van der Waals surface area contributed by atoms with Crippen LogP contribution in [0, 0.1) is 0 Å². The maximum Gasteiger partial charge on any atom is 0.142 e. The van der Waals surface area contributed by atoms with Crippen molar-refractivity contribution in [1.82, 2.24) is 0 Å². The molecular weight excluding hydrogens is 238 g/mol. The van der Waals surface area contributed by atoms with Gasteiger partial charge in [-0.1, -0.05) is 30.3 Å². The van der Waals surface area contributed by atoms with Crippen molar-refractivity contribution in [2.45, 2.75) is 12.8 Å². The molecule has 0 aromatic heterocycles. The van der Waals surface area contributed by atoms with Crippen LogP contribution in [0.15, 0.2) is 48.5 Å². The van der Waals surface area contributed by atoms with Gasteiger partial charge in [0, 0.05) is 6.07 Å². The molecule has 0 saturated carbocycles. The molecule has 0 saturated heterocycles. The van der Waals surface area contributed by atoms with Crippen molar-refractivity contribution >= 4 is 5.69 Å². The van der Waals surface area contributed by atoms with Crippen LogP contribution < -0.4 is 15.2 Å². The molecule has 0 aliphatic heterocycles. The molecule has 3 nitrogen and oxygen atoms in total. The summed E-state index contributed by atoms with van der Waals surface area (Å²) in [7, 11) is 1.60. The molecule has 0 bridgehead atoms. The second-order valence-electron chi connectivity index (χ2n) is 4.34. The highest BCUT2D eigenvalue weighted by Gasteiger charge is 2.01. The van der Waals surface area contributed by atoms with Gasteiger partial charge in [-0.05, 0) is 30.5 Å². The van der Waals surface area contributed by atoms with E-state index in [0.717, 1.165) is 18.6 Å². The highest BCUT2D eigenvalue weighted by Crippen LogP contribution is 2.25. The van der Waals surface area contributed by atoms with Crippen molar-refractivity contribution in [3.05, 3.63) is 54.1 Å². The predicted molar refractivity (Wildman–Crippen MR) is 77.7 cm³/mol. The van der Waals surface area contributed by atoms with Gasteiger partial charge in [0.05, 0.1) is 19.4 Å². The summed E-state index contributed by atoms with van der Waals surface area (Å²) in [5.74, 6) is 1.46. The number of nitrogens with two attached hydrogens (primary N) is 1. The SMILES string of the molecule is COc1ccc(OCCCc2ccccc2)cc1N. The number of benzene rings is 2. The summed E-state index contributed by atoms with van der Waals surface area (Å²) in [5, 5.41) is 0. The van der Waals surface area contributed by atoms with Crippen molar-refractivity contribution in [1.29, 1.82) is 0 Å². The number of anilines is 1. The maximum absolute atomic E-state index is 5.82. The topological polar surface area (TPSA) is 44.5 Å². The summed E-state index contributed by atoms with van der Waals surface area (Å²) in [5.41, 5.74) is 7.76. The average molecular weight is 257 g/mol. The Hall–Kier alpha value is -2.16. The van der Waals surface area contributed by atoms with Crippen LogP contribution in [0.1, 0.15) is 12.0 Å². The number of hydrogen-bond donors (Lipinski definition) is 1. The zero-order valence-electron chi connectivity index (χ0n) is 11.1. The Kier molecular flexibility index (Phi) is 4.67.